The van der Waals surface area contributed by atoms with Crippen molar-refractivity contribution >= 4 is 15.5 Å². The topological polar surface area (TPSA) is 66.6 Å². The summed E-state index contributed by atoms with van der Waals surface area (Å²) in [5, 5.41) is 0. The first kappa shape index (κ1) is 15.3. The molecule has 0 bridgehead atoms. The fourth-order valence-corrected chi connectivity index (χ4v) is 3.52. The molecule has 5 nitrogen and oxygen atoms in total. The van der Waals surface area contributed by atoms with Gasteiger partial charge in [-0.25, -0.2) is 8.42 Å². The Kier molecular flexibility index (Phi) is 5.39. The summed E-state index contributed by atoms with van der Waals surface area (Å²) < 4.78 is 23.3. The van der Waals surface area contributed by atoms with Crippen LogP contribution in [0.2, 0.25) is 0 Å². The van der Waals surface area contributed by atoms with Crippen LogP contribution in [0.1, 0.15) is 0 Å². The van der Waals surface area contributed by atoms with E-state index in [0.29, 0.717) is 6.54 Å². The molecule has 0 radical (unpaired) electrons. The maximum absolute atomic E-state index is 11.6. The van der Waals surface area contributed by atoms with Crippen molar-refractivity contribution < 1.29 is 8.42 Å². The van der Waals surface area contributed by atoms with Gasteiger partial charge in [0.05, 0.1) is 11.5 Å². The number of hydrogen-bond acceptors (Lipinski definition) is 5. The van der Waals surface area contributed by atoms with Crippen molar-refractivity contribution in [1.29, 1.82) is 0 Å². The first-order chi connectivity index (χ1) is 9.61. The molecule has 0 aliphatic carbocycles. The molecule has 0 atom stereocenters. The summed E-state index contributed by atoms with van der Waals surface area (Å²) in [6, 6.07) is 10.3. The molecule has 6 heteroatoms. The van der Waals surface area contributed by atoms with Crippen LogP contribution in [0.4, 0.5) is 5.69 Å². The minimum absolute atomic E-state index is 0.0942. The fraction of sp³-hybridized carbons (Fsp3) is 0.571. The van der Waals surface area contributed by atoms with Gasteiger partial charge in [0.2, 0.25) is 0 Å². The van der Waals surface area contributed by atoms with E-state index >= 15 is 0 Å². The molecule has 2 rings (SSSR count). The van der Waals surface area contributed by atoms with E-state index < -0.39 is 9.84 Å². The predicted molar refractivity (Wildman–Crippen MR) is 82.8 cm³/mol. The molecular formula is C14H23N3O2S. The molecule has 1 aliphatic heterocycles. The van der Waals surface area contributed by atoms with E-state index in [2.05, 4.69) is 21.9 Å². The number of benzene rings is 1. The smallest absolute Gasteiger partial charge is 0.152 e. The second-order valence-electron chi connectivity index (χ2n) is 5.10. The molecule has 1 aromatic carbocycles. The van der Waals surface area contributed by atoms with Crippen LogP contribution in [-0.2, 0) is 9.84 Å². The highest BCUT2D eigenvalue weighted by molar-refractivity contribution is 7.91. The molecule has 1 saturated heterocycles. The molecule has 0 saturated carbocycles. The van der Waals surface area contributed by atoms with Crippen molar-refractivity contribution in [1.82, 2.24) is 4.90 Å². The average Bonchev–Trinajstić information content (AvgIpc) is 2.47. The van der Waals surface area contributed by atoms with Crippen molar-refractivity contribution in [3.05, 3.63) is 30.3 Å². The number of para-hydroxylation sites is 1. The highest BCUT2D eigenvalue weighted by atomic mass is 32.2. The molecule has 1 aromatic rings. The van der Waals surface area contributed by atoms with Crippen molar-refractivity contribution in [2.75, 3.05) is 55.7 Å². The van der Waals surface area contributed by atoms with Crippen LogP contribution in [0.3, 0.4) is 0 Å². The van der Waals surface area contributed by atoms with E-state index in [1.165, 1.54) is 5.69 Å². The van der Waals surface area contributed by atoms with E-state index in [4.69, 9.17) is 5.73 Å². The Balaban J connectivity index is 1.77. The predicted octanol–water partition coefficient (Wildman–Crippen LogP) is 0.182. The number of hydrogen-bond donors (Lipinski definition) is 1. The van der Waals surface area contributed by atoms with Crippen LogP contribution >= 0.6 is 0 Å². The van der Waals surface area contributed by atoms with Gasteiger partial charge in [0.1, 0.15) is 0 Å². The second-order valence-corrected chi connectivity index (χ2v) is 7.41. The monoisotopic (exact) mass is 297 g/mol. The molecule has 1 heterocycles. The summed E-state index contributed by atoms with van der Waals surface area (Å²) in [4.78, 5) is 4.55. The number of nitrogens with zero attached hydrogens (tertiary/aromatic N) is 2. The lowest BCUT2D eigenvalue weighted by Crippen LogP contribution is -2.47. The lowest BCUT2D eigenvalue weighted by molar-refractivity contribution is 0.272. The minimum atomic E-state index is -2.98. The quantitative estimate of drug-likeness (QED) is 0.811. The highest BCUT2D eigenvalue weighted by Crippen LogP contribution is 2.15. The van der Waals surface area contributed by atoms with Gasteiger partial charge >= 0.3 is 0 Å². The zero-order valence-electron chi connectivity index (χ0n) is 11.7. The molecule has 112 valence electrons. The molecular weight excluding hydrogens is 274 g/mol. The van der Waals surface area contributed by atoms with Crippen LogP contribution in [0.25, 0.3) is 0 Å². The number of anilines is 1. The van der Waals surface area contributed by atoms with Gasteiger partial charge in [-0.2, -0.15) is 0 Å². The molecule has 0 spiro atoms. The van der Waals surface area contributed by atoms with Crippen LogP contribution < -0.4 is 10.6 Å². The summed E-state index contributed by atoms with van der Waals surface area (Å²) >= 11 is 0. The summed E-state index contributed by atoms with van der Waals surface area (Å²) in [6.45, 7) is 4.54. The first-order valence-electron chi connectivity index (χ1n) is 7.03. The first-order valence-corrected chi connectivity index (χ1v) is 8.86. The third kappa shape index (κ3) is 4.47. The summed E-state index contributed by atoms with van der Waals surface area (Å²) in [7, 11) is -2.98. The van der Waals surface area contributed by atoms with Crippen LogP contribution in [-0.4, -0.2) is 64.1 Å². The van der Waals surface area contributed by atoms with Gasteiger partial charge in [-0.3, -0.25) is 4.90 Å². The Hall–Kier alpha value is -1.11. The third-order valence-corrected chi connectivity index (χ3v) is 5.30. The van der Waals surface area contributed by atoms with E-state index in [1.54, 1.807) is 0 Å². The lowest BCUT2D eigenvalue weighted by Gasteiger charge is -2.36. The second kappa shape index (κ2) is 7.06. The van der Waals surface area contributed by atoms with E-state index in [0.717, 1.165) is 26.2 Å². The SMILES string of the molecule is NCCS(=O)(=O)CCN1CCN(c2ccccc2)CC1. The van der Waals surface area contributed by atoms with Crippen molar-refractivity contribution in [2.45, 2.75) is 0 Å². The van der Waals surface area contributed by atoms with Gasteiger partial charge in [0.15, 0.2) is 9.84 Å². The standard InChI is InChI=1S/C14H23N3O2S/c15-6-12-20(18,19)13-11-16-7-9-17(10-8-16)14-4-2-1-3-5-14/h1-5H,6-13,15H2. The summed E-state index contributed by atoms with van der Waals surface area (Å²) in [5.41, 5.74) is 6.55. The van der Waals surface area contributed by atoms with E-state index in [1.807, 2.05) is 18.2 Å². The van der Waals surface area contributed by atoms with E-state index in [-0.39, 0.29) is 18.1 Å². The molecule has 0 aromatic heterocycles. The number of sulfone groups is 1. The summed E-state index contributed by atoms with van der Waals surface area (Å²) in [5.74, 6) is 0.312. The van der Waals surface area contributed by atoms with Crippen LogP contribution in [0.15, 0.2) is 30.3 Å². The number of nitrogens with two attached hydrogens (primary N) is 1. The number of rotatable bonds is 6. The normalized spacial score (nSPS) is 17.4. The van der Waals surface area contributed by atoms with Crippen LogP contribution in [0, 0.1) is 0 Å². The minimum Gasteiger partial charge on any atom is -0.369 e. The van der Waals surface area contributed by atoms with Gasteiger partial charge in [-0.1, -0.05) is 18.2 Å². The van der Waals surface area contributed by atoms with E-state index in [9.17, 15) is 8.42 Å². The Labute approximate surface area is 121 Å². The van der Waals surface area contributed by atoms with Gasteiger partial charge < -0.3 is 10.6 Å². The Bertz CT molecular complexity index is 496. The van der Waals surface area contributed by atoms with Gasteiger partial charge in [-0.05, 0) is 12.1 Å². The van der Waals surface area contributed by atoms with Gasteiger partial charge in [-0.15, -0.1) is 0 Å². The molecule has 1 aliphatic rings. The molecule has 0 unspecified atom stereocenters. The van der Waals surface area contributed by atoms with Gasteiger partial charge in [0.25, 0.3) is 0 Å². The molecule has 20 heavy (non-hydrogen) atoms. The Morgan fingerprint density at radius 1 is 1.00 bits per heavy atom. The molecule has 0 amide bonds. The Morgan fingerprint density at radius 2 is 1.65 bits per heavy atom. The van der Waals surface area contributed by atoms with Crippen molar-refractivity contribution in [3.63, 3.8) is 0 Å². The highest BCUT2D eigenvalue weighted by Gasteiger charge is 2.19. The largest absolute Gasteiger partial charge is 0.369 e. The fourth-order valence-electron chi connectivity index (χ4n) is 2.42. The maximum atomic E-state index is 11.6. The number of piperazine rings is 1. The van der Waals surface area contributed by atoms with Crippen molar-refractivity contribution in [2.24, 2.45) is 5.73 Å². The zero-order chi connectivity index (χ0) is 14.4. The zero-order valence-corrected chi connectivity index (χ0v) is 12.6. The third-order valence-electron chi connectivity index (χ3n) is 3.64. The summed E-state index contributed by atoms with van der Waals surface area (Å²) in [6.07, 6.45) is 0. The molecule has 1 fully saturated rings. The average molecular weight is 297 g/mol. The van der Waals surface area contributed by atoms with Crippen LogP contribution in [0.5, 0.6) is 0 Å². The van der Waals surface area contributed by atoms with Crippen molar-refractivity contribution in [3.8, 4) is 0 Å². The Morgan fingerprint density at radius 3 is 2.25 bits per heavy atom. The maximum Gasteiger partial charge on any atom is 0.152 e. The van der Waals surface area contributed by atoms with Gasteiger partial charge in [0, 0.05) is 45.0 Å². The lowest BCUT2D eigenvalue weighted by atomic mass is 10.2. The molecule has 2 N–H and O–H groups in total.